The molecule has 3 aliphatic rings. The number of amides is 1. The number of aromatic nitrogens is 1. The average Bonchev–Trinajstić information content (AvgIpc) is 2.61. The third-order valence-corrected chi connectivity index (χ3v) is 6.34. The highest BCUT2D eigenvalue weighted by Gasteiger charge is 2.39. The van der Waals surface area contributed by atoms with Crippen LogP contribution in [0.3, 0.4) is 0 Å². The van der Waals surface area contributed by atoms with Gasteiger partial charge in [-0.05, 0) is 43.7 Å². The molecule has 3 fully saturated rings. The topological polar surface area (TPSA) is 59.9 Å². The summed E-state index contributed by atoms with van der Waals surface area (Å²) in [7, 11) is 0. The van der Waals surface area contributed by atoms with Gasteiger partial charge in [-0.2, -0.15) is 0 Å². The number of piperazine rings is 1. The van der Waals surface area contributed by atoms with Gasteiger partial charge in [0.25, 0.3) is 0 Å². The van der Waals surface area contributed by atoms with Gasteiger partial charge in [0, 0.05) is 45.0 Å². The van der Waals surface area contributed by atoms with E-state index in [1.807, 2.05) is 18.3 Å². The Labute approximate surface area is 149 Å². The minimum atomic E-state index is -0.745. The first kappa shape index (κ1) is 16.6. The lowest BCUT2D eigenvalue weighted by Crippen LogP contribution is -2.61. The molecule has 3 heterocycles. The molecule has 6 nitrogen and oxygen atoms in total. The maximum Gasteiger partial charge on any atom is 0.407 e. The average molecular weight is 344 g/mol. The SMILES string of the molecule is O=C(O)N1CCN(C2CCC2)CC1C1CCN(c2ccccn2)CC1. The summed E-state index contributed by atoms with van der Waals surface area (Å²) >= 11 is 0. The summed E-state index contributed by atoms with van der Waals surface area (Å²) in [4.78, 5) is 22.8. The fourth-order valence-corrected chi connectivity index (χ4v) is 4.61. The van der Waals surface area contributed by atoms with Crippen LogP contribution in [0.25, 0.3) is 0 Å². The summed E-state index contributed by atoms with van der Waals surface area (Å²) in [5.74, 6) is 1.50. The van der Waals surface area contributed by atoms with E-state index in [1.165, 1.54) is 19.3 Å². The molecule has 1 aromatic heterocycles. The van der Waals surface area contributed by atoms with Gasteiger partial charge in [-0.3, -0.25) is 4.90 Å². The van der Waals surface area contributed by atoms with Gasteiger partial charge in [0.05, 0.1) is 6.04 Å². The number of anilines is 1. The summed E-state index contributed by atoms with van der Waals surface area (Å²) in [6, 6.07) is 6.88. The van der Waals surface area contributed by atoms with Crippen molar-refractivity contribution in [2.75, 3.05) is 37.6 Å². The lowest BCUT2D eigenvalue weighted by molar-refractivity contribution is 0.00373. The molecule has 2 aliphatic heterocycles. The van der Waals surface area contributed by atoms with Crippen LogP contribution in [-0.2, 0) is 0 Å². The Kier molecular flexibility index (Phi) is 4.79. The van der Waals surface area contributed by atoms with Crippen LogP contribution >= 0.6 is 0 Å². The Morgan fingerprint density at radius 2 is 1.88 bits per heavy atom. The number of carboxylic acid groups (broad SMARTS) is 1. The van der Waals surface area contributed by atoms with Crippen LogP contribution in [-0.4, -0.2) is 70.8 Å². The molecule has 1 N–H and O–H groups in total. The minimum Gasteiger partial charge on any atom is -0.465 e. The van der Waals surface area contributed by atoms with Gasteiger partial charge >= 0.3 is 6.09 Å². The van der Waals surface area contributed by atoms with Crippen LogP contribution < -0.4 is 4.90 Å². The van der Waals surface area contributed by atoms with E-state index >= 15 is 0 Å². The summed E-state index contributed by atoms with van der Waals surface area (Å²) < 4.78 is 0. The van der Waals surface area contributed by atoms with Gasteiger partial charge in [-0.25, -0.2) is 9.78 Å². The molecule has 1 aromatic rings. The van der Waals surface area contributed by atoms with Gasteiger partial charge in [-0.1, -0.05) is 12.5 Å². The van der Waals surface area contributed by atoms with E-state index in [0.29, 0.717) is 18.5 Å². The van der Waals surface area contributed by atoms with Gasteiger partial charge in [0.1, 0.15) is 5.82 Å². The summed E-state index contributed by atoms with van der Waals surface area (Å²) in [6.45, 7) is 4.42. The molecular formula is C19H28N4O2. The molecule has 1 amide bonds. The first-order valence-electron chi connectivity index (χ1n) is 9.62. The fraction of sp³-hybridized carbons (Fsp3) is 0.684. The molecule has 25 heavy (non-hydrogen) atoms. The molecular weight excluding hydrogens is 316 g/mol. The Balaban J connectivity index is 1.40. The second-order valence-corrected chi connectivity index (χ2v) is 7.64. The first-order chi connectivity index (χ1) is 12.2. The smallest absolute Gasteiger partial charge is 0.407 e. The molecule has 1 unspecified atom stereocenters. The number of carbonyl (C=O) groups is 1. The van der Waals surface area contributed by atoms with Crippen molar-refractivity contribution < 1.29 is 9.90 Å². The normalized spacial score (nSPS) is 26.5. The Bertz CT molecular complexity index is 584. The van der Waals surface area contributed by atoms with E-state index in [1.54, 1.807) is 4.90 Å². The minimum absolute atomic E-state index is 0.151. The number of hydrogen-bond donors (Lipinski definition) is 1. The van der Waals surface area contributed by atoms with E-state index in [4.69, 9.17) is 0 Å². The van der Waals surface area contributed by atoms with Crippen LogP contribution in [0.4, 0.5) is 10.6 Å². The van der Waals surface area contributed by atoms with Crippen molar-refractivity contribution in [1.29, 1.82) is 0 Å². The maximum atomic E-state index is 11.7. The van der Waals surface area contributed by atoms with Crippen LogP contribution in [0.5, 0.6) is 0 Å². The molecule has 4 rings (SSSR count). The predicted octanol–water partition coefficient (Wildman–Crippen LogP) is 2.51. The molecule has 0 radical (unpaired) electrons. The molecule has 0 aromatic carbocycles. The van der Waals surface area contributed by atoms with Crippen molar-refractivity contribution >= 4 is 11.9 Å². The third-order valence-electron chi connectivity index (χ3n) is 6.34. The van der Waals surface area contributed by atoms with E-state index in [-0.39, 0.29) is 6.04 Å². The lowest BCUT2D eigenvalue weighted by atomic mass is 9.84. The Morgan fingerprint density at radius 1 is 1.08 bits per heavy atom. The van der Waals surface area contributed by atoms with Crippen LogP contribution in [0, 0.1) is 5.92 Å². The largest absolute Gasteiger partial charge is 0.465 e. The summed E-state index contributed by atoms with van der Waals surface area (Å²) in [5.41, 5.74) is 0. The first-order valence-corrected chi connectivity index (χ1v) is 9.62. The molecule has 6 heteroatoms. The molecule has 0 bridgehead atoms. The Morgan fingerprint density at radius 3 is 2.48 bits per heavy atom. The quantitative estimate of drug-likeness (QED) is 0.913. The monoisotopic (exact) mass is 344 g/mol. The molecule has 2 saturated heterocycles. The molecule has 0 spiro atoms. The van der Waals surface area contributed by atoms with Crippen LogP contribution in [0.2, 0.25) is 0 Å². The molecule has 1 saturated carbocycles. The van der Waals surface area contributed by atoms with Crippen molar-refractivity contribution in [3.05, 3.63) is 24.4 Å². The van der Waals surface area contributed by atoms with E-state index in [2.05, 4.69) is 20.9 Å². The zero-order valence-electron chi connectivity index (χ0n) is 14.8. The van der Waals surface area contributed by atoms with E-state index in [0.717, 1.165) is 44.8 Å². The zero-order valence-corrected chi connectivity index (χ0v) is 14.8. The van der Waals surface area contributed by atoms with Crippen molar-refractivity contribution in [2.24, 2.45) is 5.92 Å². The lowest BCUT2D eigenvalue weighted by Gasteiger charge is -2.49. The highest BCUT2D eigenvalue weighted by Crippen LogP contribution is 2.32. The second-order valence-electron chi connectivity index (χ2n) is 7.64. The van der Waals surface area contributed by atoms with Crippen molar-refractivity contribution in [3.63, 3.8) is 0 Å². The molecule has 1 atom stereocenters. The van der Waals surface area contributed by atoms with Crippen LogP contribution in [0.1, 0.15) is 32.1 Å². The highest BCUT2D eigenvalue weighted by molar-refractivity contribution is 5.65. The standard InChI is InChI=1S/C19H28N4O2/c24-19(25)23-13-12-22(16-4-3-5-16)14-17(23)15-7-10-21(11-8-15)18-6-1-2-9-20-18/h1-2,6,9,15-17H,3-5,7-8,10-14H2,(H,24,25). The maximum absolute atomic E-state index is 11.7. The van der Waals surface area contributed by atoms with Gasteiger partial charge in [0.2, 0.25) is 0 Å². The van der Waals surface area contributed by atoms with Gasteiger partial charge in [0.15, 0.2) is 0 Å². The summed E-state index contributed by atoms with van der Waals surface area (Å²) in [6.07, 6.45) is 7.09. The van der Waals surface area contributed by atoms with Crippen molar-refractivity contribution in [1.82, 2.24) is 14.8 Å². The van der Waals surface area contributed by atoms with Crippen molar-refractivity contribution in [3.8, 4) is 0 Å². The number of rotatable bonds is 3. The second kappa shape index (κ2) is 7.20. The summed E-state index contributed by atoms with van der Waals surface area (Å²) in [5, 5.41) is 9.65. The zero-order chi connectivity index (χ0) is 17.2. The number of piperidine rings is 1. The Hall–Kier alpha value is -1.82. The number of pyridine rings is 1. The number of nitrogens with zero attached hydrogens (tertiary/aromatic N) is 4. The number of hydrogen-bond acceptors (Lipinski definition) is 4. The van der Waals surface area contributed by atoms with Crippen LogP contribution in [0.15, 0.2) is 24.4 Å². The van der Waals surface area contributed by atoms with Gasteiger partial charge in [-0.15, -0.1) is 0 Å². The van der Waals surface area contributed by atoms with E-state index in [9.17, 15) is 9.90 Å². The molecule has 1 aliphatic carbocycles. The van der Waals surface area contributed by atoms with Gasteiger partial charge < -0.3 is 14.9 Å². The fourth-order valence-electron chi connectivity index (χ4n) is 4.61. The molecule has 136 valence electrons. The van der Waals surface area contributed by atoms with Crippen molar-refractivity contribution in [2.45, 2.75) is 44.2 Å². The third kappa shape index (κ3) is 3.45. The predicted molar refractivity (Wildman–Crippen MR) is 96.9 cm³/mol. The van der Waals surface area contributed by atoms with E-state index < -0.39 is 6.09 Å². The highest BCUT2D eigenvalue weighted by atomic mass is 16.4.